The fourth-order valence-corrected chi connectivity index (χ4v) is 1.31. The van der Waals surface area contributed by atoms with Gasteiger partial charge in [0, 0.05) is 7.05 Å². The highest BCUT2D eigenvalue weighted by atomic mass is 31.2. The number of nitrogens with one attached hydrogen (secondary N) is 1. The van der Waals surface area contributed by atoms with Gasteiger partial charge in [-0.1, -0.05) is 0 Å². The minimum Gasteiger partial charge on any atom is -0.359 e. The van der Waals surface area contributed by atoms with Crippen LogP contribution in [0.3, 0.4) is 0 Å². The Morgan fingerprint density at radius 1 is 1.62 bits per heavy atom. The van der Waals surface area contributed by atoms with Crippen molar-refractivity contribution in [3.8, 4) is 0 Å². The van der Waals surface area contributed by atoms with E-state index in [0.29, 0.717) is 0 Å². The standard InChI is InChI=1S/C6H14NO5P/c1-5(4-6(8)7-2)12-13(9,10)11-3/h5,9-10H,4H2,1-3H3/p+1/t5-/m0/s1. The minimum absolute atomic E-state index is 0.0583. The summed E-state index contributed by atoms with van der Waals surface area (Å²) in [6, 6.07) is 0. The first-order valence-electron chi connectivity index (χ1n) is 3.70. The fraction of sp³-hybridized carbons (Fsp3) is 0.833. The number of carbonyl (C=O) groups excluding carboxylic acids is 1. The fourth-order valence-electron chi connectivity index (χ4n) is 0.678. The predicted molar refractivity (Wildman–Crippen MR) is 47.6 cm³/mol. The lowest BCUT2D eigenvalue weighted by molar-refractivity contribution is -0.122. The van der Waals surface area contributed by atoms with Crippen molar-refractivity contribution < 1.29 is 23.6 Å². The Kier molecular flexibility index (Phi) is 5.36. The summed E-state index contributed by atoms with van der Waals surface area (Å²) in [5.41, 5.74) is 0. The van der Waals surface area contributed by atoms with Crippen molar-refractivity contribution in [1.29, 1.82) is 0 Å². The molecule has 0 spiro atoms. The molecule has 13 heavy (non-hydrogen) atoms. The molecule has 0 aromatic carbocycles. The Morgan fingerprint density at radius 3 is 2.54 bits per heavy atom. The Morgan fingerprint density at radius 2 is 2.15 bits per heavy atom. The van der Waals surface area contributed by atoms with E-state index in [1.807, 2.05) is 0 Å². The van der Waals surface area contributed by atoms with Gasteiger partial charge in [0.25, 0.3) is 0 Å². The van der Waals surface area contributed by atoms with Gasteiger partial charge in [-0.05, 0) is 6.92 Å². The van der Waals surface area contributed by atoms with E-state index in [2.05, 4.69) is 9.84 Å². The second-order valence-electron chi connectivity index (χ2n) is 2.47. The molecule has 3 N–H and O–H groups in total. The Balaban J connectivity index is 3.86. The molecular weight excluding hydrogens is 197 g/mol. The van der Waals surface area contributed by atoms with E-state index in [1.54, 1.807) is 6.92 Å². The van der Waals surface area contributed by atoms with E-state index in [4.69, 9.17) is 14.3 Å². The van der Waals surface area contributed by atoms with Crippen LogP contribution in [0.25, 0.3) is 0 Å². The van der Waals surface area contributed by atoms with Crippen LogP contribution in [0.2, 0.25) is 0 Å². The molecule has 0 aliphatic carbocycles. The van der Waals surface area contributed by atoms with Crippen LogP contribution in [0.1, 0.15) is 13.3 Å². The molecule has 7 heteroatoms. The van der Waals surface area contributed by atoms with E-state index >= 15 is 0 Å². The van der Waals surface area contributed by atoms with Crippen molar-refractivity contribution >= 4 is 14.1 Å². The van der Waals surface area contributed by atoms with Gasteiger partial charge < -0.3 is 5.32 Å². The van der Waals surface area contributed by atoms with E-state index in [9.17, 15) is 4.79 Å². The number of hydrogen-bond donors (Lipinski definition) is 3. The van der Waals surface area contributed by atoms with Crippen molar-refractivity contribution in [2.24, 2.45) is 0 Å². The van der Waals surface area contributed by atoms with E-state index in [-0.39, 0.29) is 12.3 Å². The largest absolute Gasteiger partial charge is 0.569 e. The average Bonchev–Trinajstić information content (AvgIpc) is 2.03. The molecule has 6 nitrogen and oxygen atoms in total. The molecular formula is C6H15NO5P+. The van der Waals surface area contributed by atoms with Crippen LogP contribution in [-0.2, 0) is 13.8 Å². The van der Waals surface area contributed by atoms with Gasteiger partial charge in [-0.2, -0.15) is 14.3 Å². The first-order chi connectivity index (χ1) is 5.91. The van der Waals surface area contributed by atoms with Crippen molar-refractivity contribution in [2.45, 2.75) is 19.4 Å². The van der Waals surface area contributed by atoms with Crippen LogP contribution in [0, 0.1) is 0 Å². The van der Waals surface area contributed by atoms with Crippen LogP contribution in [0.15, 0.2) is 0 Å². The van der Waals surface area contributed by atoms with Gasteiger partial charge in [-0.3, -0.25) is 4.79 Å². The Labute approximate surface area is 77.5 Å². The first-order valence-corrected chi connectivity index (χ1v) is 5.23. The van der Waals surface area contributed by atoms with Crippen LogP contribution >= 0.6 is 8.17 Å². The zero-order valence-corrected chi connectivity index (χ0v) is 8.75. The lowest BCUT2D eigenvalue weighted by atomic mass is 10.3. The molecule has 78 valence electrons. The molecule has 0 aliphatic rings. The van der Waals surface area contributed by atoms with Crippen LogP contribution < -0.4 is 5.32 Å². The predicted octanol–water partition coefficient (Wildman–Crippen LogP) is -0.164. The van der Waals surface area contributed by atoms with Crippen molar-refractivity contribution in [3.63, 3.8) is 0 Å². The van der Waals surface area contributed by atoms with E-state index < -0.39 is 14.3 Å². The van der Waals surface area contributed by atoms with Gasteiger partial charge in [0.2, 0.25) is 5.91 Å². The highest BCUT2D eigenvalue weighted by Crippen LogP contribution is 2.52. The monoisotopic (exact) mass is 212 g/mol. The van der Waals surface area contributed by atoms with E-state index in [0.717, 1.165) is 7.11 Å². The van der Waals surface area contributed by atoms with E-state index in [1.165, 1.54) is 7.05 Å². The molecule has 1 atom stereocenters. The van der Waals surface area contributed by atoms with Gasteiger partial charge >= 0.3 is 8.17 Å². The summed E-state index contributed by atoms with van der Waals surface area (Å²) in [4.78, 5) is 28.8. The number of carbonyl (C=O) groups is 1. The Bertz CT molecular complexity index is 174. The summed E-state index contributed by atoms with van der Waals surface area (Å²) in [6.45, 7) is 1.55. The highest BCUT2D eigenvalue weighted by Gasteiger charge is 2.40. The molecule has 0 radical (unpaired) electrons. The second kappa shape index (κ2) is 5.47. The summed E-state index contributed by atoms with van der Waals surface area (Å²) >= 11 is 0. The zero-order valence-electron chi connectivity index (χ0n) is 7.85. The molecule has 0 aromatic rings. The van der Waals surface area contributed by atoms with Gasteiger partial charge in [0.05, 0.1) is 13.5 Å². The third kappa shape index (κ3) is 5.90. The first kappa shape index (κ1) is 12.7. The summed E-state index contributed by atoms with van der Waals surface area (Å²) in [6.07, 6.45) is -0.536. The summed E-state index contributed by atoms with van der Waals surface area (Å²) in [7, 11) is -1.11. The van der Waals surface area contributed by atoms with Crippen molar-refractivity contribution in [3.05, 3.63) is 0 Å². The molecule has 0 saturated carbocycles. The quantitative estimate of drug-likeness (QED) is 0.551. The molecule has 0 heterocycles. The summed E-state index contributed by atoms with van der Waals surface area (Å²) in [5.74, 6) is -0.233. The van der Waals surface area contributed by atoms with Crippen LogP contribution in [0.5, 0.6) is 0 Å². The topological polar surface area (TPSA) is 88.0 Å². The lowest BCUT2D eigenvalue weighted by Crippen LogP contribution is -2.24. The maximum absolute atomic E-state index is 10.8. The van der Waals surface area contributed by atoms with Gasteiger partial charge in [0.1, 0.15) is 6.10 Å². The molecule has 0 saturated heterocycles. The molecule has 0 fully saturated rings. The van der Waals surface area contributed by atoms with Gasteiger partial charge in [-0.15, -0.1) is 4.52 Å². The Hall–Kier alpha value is -0.260. The summed E-state index contributed by atoms with van der Waals surface area (Å²) < 4.78 is 8.99. The van der Waals surface area contributed by atoms with Crippen LogP contribution in [0.4, 0.5) is 0 Å². The normalized spacial score (nSPS) is 13.9. The molecule has 0 unspecified atom stereocenters. The molecule has 1 amide bonds. The molecule has 0 aromatic heterocycles. The van der Waals surface area contributed by atoms with Gasteiger partial charge in [0.15, 0.2) is 0 Å². The maximum Gasteiger partial charge on any atom is 0.569 e. The SMILES string of the molecule is CNC(=O)C[C@H](C)O[P+](O)(O)OC. The molecule has 0 bridgehead atoms. The highest BCUT2D eigenvalue weighted by molar-refractivity contribution is 7.54. The number of hydrogen-bond acceptors (Lipinski definition) is 5. The zero-order chi connectivity index (χ0) is 10.5. The average molecular weight is 212 g/mol. The third-order valence-electron chi connectivity index (χ3n) is 1.31. The van der Waals surface area contributed by atoms with Crippen molar-refractivity contribution in [2.75, 3.05) is 14.2 Å². The maximum atomic E-state index is 10.8. The third-order valence-corrected chi connectivity index (χ3v) is 2.42. The molecule has 0 rings (SSSR count). The lowest BCUT2D eigenvalue weighted by Gasteiger charge is -2.12. The molecule has 0 aliphatic heterocycles. The minimum atomic E-state index is -3.73. The smallest absolute Gasteiger partial charge is 0.359 e. The number of amides is 1. The van der Waals surface area contributed by atoms with Gasteiger partial charge in [-0.25, -0.2) is 0 Å². The second-order valence-corrected chi connectivity index (χ2v) is 4.02. The number of rotatable bonds is 5. The van der Waals surface area contributed by atoms with Crippen molar-refractivity contribution in [1.82, 2.24) is 5.32 Å². The van der Waals surface area contributed by atoms with Crippen LogP contribution in [-0.4, -0.2) is 36.0 Å². The summed E-state index contributed by atoms with van der Waals surface area (Å²) in [5, 5.41) is 2.39.